The molecule has 2 rings (SSSR count). The van der Waals surface area contributed by atoms with Crippen molar-refractivity contribution in [2.75, 3.05) is 7.11 Å². The summed E-state index contributed by atoms with van der Waals surface area (Å²) in [5.74, 6) is -5.36. The summed E-state index contributed by atoms with van der Waals surface area (Å²) in [6, 6.07) is 0. The fourth-order valence-corrected chi connectivity index (χ4v) is 3.22. The molecule has 1 aromatic rings. The molecule has 0 unspecified atom stereocenters. The van der Waals surface area contributed by atoms with Crippen LogP contribution in [0.5, 0.6) is 0 Å². The van der Waals surface area contributed by atoms with Crippen molar-refractivity contribution in [2.45, 2.75) is 40.7 Å². The quantitative estimate of drug-likeness (QED) is 0.583. The summed E-state index contributed by atoms with van der Waals surface area (Å²) in [5, 5.41) is 0. The van der Waals surface area contributed by atoms with Gasteiger partial charge in [-0.3, -0.25) is 0 Å². The van der Waals surface area contributed by atoms with E-state index in [9.17, 15) is 17.6 Å². The zero-order valence-electron chi connectivity index (χ0n) is 12.9. The van der Waals surface area contributed by atoms with Gasteiger partial charge in [-0.05, 0) is 23.2 Å². The van der Waals surface area contributed by atoms with Crippen LogP contribution in [0.25, 0.3) is 0 Å². The number of rotatable bonds is 4. The third-order valence-electron chi connectivity index (χ3n) is 5.46. The van der Waals surface area contributed by atoms with Crippen molar-refractivity contribution in [3.05, 3.63) is 34.4 Å². The molecule has 0 saturated heterocycles. The van der Waals surface area contributed by atoms with E-state index in [4.69, 9.17) is 0 Å². The molecule has 0 radical (unpaired) electrons. The van der Waals surface area contributed by atoms with Crippen molar-refractivity contribution >= 4 is 0 Å². The lowest BCUT2D eigenvalue weighted by atomic mass is 9.99. The van der Waals surface area contributed by atoms with Crippen LogP contribution in [0.3, 0.4) is 0 Å². The van der Waals surface area contributed by atoms with E-state index < -0.39 is 41.0 Å². The van der Waals surface area contributed by atoms with Gasteiger partial charge < -0.3 is 4.74 Å². The molecular weight excluding hydrogens is 284 g/mol. The number of hydrogen-bond donors (Lipinski definition) is 0. The van der Waals surface area contributed by atoms with E-state index >= 15 is 0 Å². The molecule has 0 amide bonds. The van der Waals surface area contributed by atoms with Crippen LogP contribution in [0.15, 0.2) is 0 Å². The van der Waals surface area contributed by atoms with Gasteiger partial charge in [-0.1, -0.05) is 27.7 Å². The van der Waals surface area contributed by atoms with Crippen molar-refractivity contribution in [2.24, 2.45) is 16.7 Å². The van der Waals surface area contributed by atoms with Crippen LogP contribution in [0.1, 0.15) is 38.8 Å². The summed E-state index contributed by atoms with van der Waals surface area (Å²) in [5.41, 5.74) is -1.45. The van der Waals surface area contributed by atoms with Gasteiger partial charge in [0.05, 0.1) is 12.2 Å². The van der Waals surface area contributed by atoms with Crippen LogP contribution in [0, 0.1) is 40.0 Å². The topological polar surface area (TPSA) is 9.23 Å². The van der Waals surface area contributed by atoms with E-state index in [1.54, 1.807) is 0 Å². The molecule has 1 aromatic carbocycles. The van der Waals surface area contributed by atoms with E-state index in [1.165, 1.54) is 7.11 Å². The largest absolute Gasteiger partial charge is 0.380 e. The molecular formula is C16H20F4O. The second kappa shape index (κ2) is 4.97. The van der Waals surface area contributed by atoms with Gasteiger partial charge in [-0.15, -0.1) is 0 Å². The van der Waals surface area contributed by atoms with Crippen molar-refractivity contribution in [1.82, 2.24) is 0 Å². The Kier molecular flexibility index (Phi) is 3.85. The van der Waals surface area contributed by atoms with Crippen LogP contribution in [-0.4, -0.2) is 7.11 Å². The lowest BCUT2D eigenvalue weighted by Crippen LogP contribution is -2.11. The normalized spacial score (nSPS) is 19.9. The predicted molar refractivity (Wildman–Crippen MR) is 71.7 cm³/mol. The maximum Gasteiger partial charge on any atom is 0.167 e. The maximum atomic E-state index is 14.1. The summed E-state index contributed by atoms with van der Waals surface area (Å²) >= 11 is 0. The first-order valence-corrected chi connectivity index (χ1v) is 6.90. The Morgan fingerprint density at radius 3 is 1.52 bits per heavy atom. The van der Waals surface area contributed by atoms with Gasteiger partial charge in [-0.25, -0.2) is 17.6 Å². The highest BCUT2D eigenvalue weighted by Crippen LogP contribution is 2.69. The number of halogens is 4. The van der Waals surface area contributed by atoms with Crippen molar-refractivity contribution in [1.29, 1.82) is 0 Å². The fourth-order valence-electron chi connectivity index (χ4n) is 3.22. The number of methoxy groups -OCH3 is 1. The summed E-state index contributed by atoms with van der Waals surface area (Å²) in [4.78, 5) is 0. The Morgan fingerprint density at radius 2 is 1.19 bits per heavy atom. The summed E-state index contributed by atoms with van der Waals surface area (Å²) in [7, 11) is 1.21. The Labute approximate surface area is 122 Å². The molecule has 1 saturated carbocycles. The minimum Gasteiger partial charge on any atom is -0.380 e. The second-order valence-electron chi connectivity index (χ2n) is 6.85. The number of hydrogen-bond acceptors (Lipinski definition) is 1. The Balaban J connectivity index is 2.43. The molecule has 0 bridgehead atoms. The highest BCUT2D eigenvalue weighted by molar-refractivity contribution is 5.32. The van der Waals surface area contributed by atoms with Crippen LogP contribution in [0.4, 0.5) is 17.6 Å². The molecule has 21 heavy (non-hydrogen) atoms. The zero-order valence-corrected chi connectivity index (χ0v) is 12.9. The van der Waals surface area contributed by atoms with Crippen LogP contribution >= 0.6 is 0 Å². The van der Waals surface area contributed by atoms with Crippen LogP contribution in [-0.2, 0) is 17.8 Å². The highest BCUT2D eigenvalue weighted by atomic mass is 19.2. The van der Waals surface area contributed by atoms with Crippen molar-refractivity contribution < 1.29 is 22.3 Å². The molecule has 1 aliphatic rings. The van der Waals surface area contributed by atoms with Gasteiger partial charge in [0.15, 0.2) is 23.3 Å². The van der Waals surface area contributed by atoms with Crippen molar-refractivity contribution in [3.63, 3.8) is 0 Å². The first-order chi connectivity index (χ1) is 9.57. The monoisotopic (exact) mass is 304 g/mol. The Bertz CT molecular complexity index is 535. The van der Waals surface area contributed by atoms with E-state index in [0.717, 1.165) is 0 Å². The van der Waals surface area contributed by atoms with E-state index in [0.29, 0.717) is 0 Å². The Hall–Kier alpha value is -1.10. The van der Waals surface area contributed by atoms with E-state index in [1.807, 2.05) is 27.7 Å². The minimum atomic E-state index is -1.36. The minimum absolute atomic E-state index is 0.0151. The molecule has 0 spiro atoms. The lowest BCUT2D eigenvalue weighted by Gasteiger charge is -2.12. The number of ether oxygens (including phenoxy) is 1. The molecule has 1 aliphatic carbocycles. The first kappa shape index (κ1) is 16.3. The van der Waals surface area contributed by atoms with Gasteiger partial charge in [0, 0.05) is 12.7 Å². The van der Waals surface area contributed by atoms with Gasteiger partial charge in [-0.2, -0.15) is 0 Å². The molecule has 0 aromatic heterocycles. The molecule has 1 nitrogen and oxygen atoms in total. The standard InChI is InChI=1S/C16H20F4O/c1-15(2)10(16(15,3)4)6-8-11(17)13(19)9(7-21-5)14(20)12(8)18/h10H,6-7H2,1-5H3. The average Bonchev–Trinajstić information content (AvgIpc) is 2.79. The van der Waals surface area contributed by atoms with Gasteiger partial charge in [0.2, 0.25) is 0 Å². The highest BCUT2D eigenvalue weighted by Gasteiger charge is 2.64. The Morgan fingerprint density at radius 1 is 0.810 bits per heavy atom. The third-order valence-corrected chi connectivity index (χ3v) is 5.46. The summed E-state index contributed by atoms with van der Waals surface area (Å²) in [6.07, 6.45) is -0.0151. The maximum absolute atomic E-state index is 14.1. The predicted octanol–water partition coefficient (Wildman–Crippen LogP) is 4.61. The third kappa shape index (κ3) is 2.26. The molecule has 0 atom stereocenters. The van der Waals surface area contributed by atoms with Crippen molar-refractivity contribution in [3.8, 4) is 0 Å². The van der Waals surface area contributed by atoms with Gasteiger partial charge in [0.1, 0.15) is 0 Å². The smallest absolute Gasteiger partial charge is 0.167 e. The van der Waals surface area contributed by atoms with Gasteiger partial charge in [0.25, 0.3) is 0 Å². The molecule has 5 heteroatoms. The average molecular weight is 304 g/mol. The zero-order chi connectivity index (χ0) is 16.2. The molecule has 118 valence electrons. The molecule has 0 N–H and O–H groups in total. The molecule has 0 aliphatic heterocycles. The lowest BCUT2D eigenvalue weighted by molar-refractivity contribution is 0.175. The molecule has 1 fully saturated rings. The van der Waals surface area contributed by atoms with E-state index in [2.05, 4.69) is 4.74 Å². The summed E-state index contributed by atoms with van der Waals surface area (Å²) in [6.45, 7) is 7.43. The first-order valence-electron chi connectivity index (χ1n) is 6.90. The van der Waals surface area contributed by atoms with Gasteiger partial charge >= 0.3 is 0 Å². The number of benzene rings is 1. The van der Waals surface area contributed by atoms with E-state index in [-0.39, 0.29) is 23.2 Å². The van der Waals surface area contributed by atoms with Crippen LogP contribution < -0.4 is 0 Å². The second-order valence-corrected chi connectivity index (χ2v) is 6.85. The fraction of sp³-hybridized carbons (Fsp3) is 0.625. The molecule has 0 heterocycles. The van der Waals surface area contributed by atoms with Crippen LogP contribution in [0.2, 0.25) is 0 Å². The SMILES string of the molecule is COCc1c(F)c(F)c(CC2C(C)(C)C2(C)C)c(F)c1F. The summed E-state index contributed by atoms with van der Waals surface area (Å²) < 4.78 is 60.5.